The molecule has 7 heteroatoms. The topological polar surface area (TPSA) is 83.4 Å². The molecule has 1 saturated carbocycles. The zero-order valence-electron chi connectivity index (χ0n) is 12.9. The Hall–Kier alpha value is -1.63. The standard InChI is InChI=1S/C14H25N5O2/c1-3-15-12-16-13(18-14(17-12)21-4-2)19(9-10-20)11-7-5-6-8-11/h11,20H,3-10H2,1-2H3,(H,15,16,17,18). The second kappa shape index (κ2) is 7.97. The van der Waals surface area contributed by atoms with Gasteiger partial charge in [0.1, 0.15) is 0 Å². The van der Waals surface area contributed by atoms with E-state index in [0.717, 1.165) is 19.4 Å². The third kappa shape index (κ3) is 4.17. The molecule has 2 N–H and O–H groups in total. The van der Waals surface area contributed by atoms with Gasteiger partial charge in [-0.15, -0.1) is 0 Å². The van der Waals surface area contributed by atoms with Crippen molar-refractivity contribution in [2.75, 3.05) is 36.5 Å². The number of hydrogen-bond donors (Lipinski definition) is 2. The highest BCUT2D eigenvalue weighted by molar-refractivity contribution is 5.39. The van der Waals surface area contributed by atoms with E-state index in [0.29, 0.717) is 37.1 Å². The van der Waals surface area contributed by atoms with Gasteiger partial charge in [-0.05, 0) is 26.7 Å². The molecular weight excluding hydrogens is 270 g/mol. The van der Waals surface area contributed by atoms with E-state index in [-0.39, 0.29) is 6.61 Å². The van der Waals surface area contributed by atoms with Gasteiger partial charge in [0.25, 0.3) is 0 Å². The molecule has 0 amide bonds. The van der Waals surface area contributed by atoms with Crippen LogP contribution in [-0.2, 0) is 0 Å². The molecule has 1 heterocycles. The predicted molar refractivity (Wildman–Crippen MR) is 81.8 cm³/mol. The maximum absolute atomic E-state index is 9.34. The van der Waals surface area contributed by atoms with Gasteiger partial charge in [0.05, 0.1) is 13.2 Å². The van der Waals surface area contributed by atoms with Crippen molar-refractivity contribution in [1.82, 2.24) is 15.0 Å². The molecule has 0 saturated heterocycles. The SMILES string of the molecule is CCNc1nc(OCC)nc(N(CCO)C2CCCC2)n1. The maximum Gasteiger partial charge on any atom is 0.323 e. The fourth-order valence-electron chi connectivity index (χ4n) is 2.67. The van der Waals surface area contributed by atoms with Crippen LogP contribution in [0.25, 0.3) is 0 Å². The lowest BCUT2D eigenvalue weighted by Gasteiger charge is -2.28. The van der Waals surface area contributed by atoms with E-state index in [1.807, 2.05) is 13.8 Å². The fourth-order valence-corrected chi connectivity index (χ4v) is 2.67. The number of aliphatic hydroxyl groups excluding tert-OH is 1. The number of aliphatic hydroxyl groups is 1. The first-order valence-electron chi connectivity index (χ1n) is 7.78. The molecule has 7 nitrogen and oxygen atoms in total. The van der Waals surface area contributed by atoms with Crippen molar-refractivity contribution < 1.29 is 9.84 Å². The van der Waals surface area contributed by atoms with Crippen molar-refractivity contribution in [3.63, 3.8) is 0 Å². The minimum atomic E-state index is 0.0860. The van der Waals surface area contributed by atoms with Crippen LogP contribution in [0.2, 0.25) is 0 Å². The summed E-state index contributed by atoms with van der Waals surface area (Å²) in [5, 5.41) is 12.4. The summed E-state index contributed by atoms with van der Waals surface area (Å²) in [7, 11) is 0. The molecule has 0 aromatic carbocycles. The zero-order chi connectivity index (χ0) is 15.1. The Balaban J connectivity index is 2.27. The summed E-state index contributed by atoms with van der Waals surface area (Å²) in [4.78, 5) is 15.2. The first-order valence-corrected chi connectivity index (χ1v) is 7.78. The first kappa shape index (κ1) is 15.8. The van der Waals surface area contributed by atoms with Gasteiger partial charge in [-0.25, -0.2) is 0 Å². The third-order valence-corrected chi connectivity index (χ3v) is 3.57. The summed E-state index contributed by atoms with van der Waals surface area (Å²) in [6.07, 6.45) is 4.67. The van der Waals surface area contributed by atoms with E-state index in [2.05, 4.69) is 25.2 Å². The normalized spacial score (nSPS) is 15.2. The van der Waals surface area contributed by atoms with Crippen molar-refractivity contribution in [3.8, 4) is 6.01 Å². The van der Waals surface area contributed by atoms with Crippen LogP contribution >= 0.6 is 0 Å². The monoisotopic (exact) mass is 295 g/mol. The Morgan fingerprint density at radius 3 is 2.62 bits per heavy atom. The Kier molecular flexibility index (Phi) is 5.98. The van der Waals surface area contributed by atoms with Crippen molar-refractivity contribution in [2.45, 2.75) is 45.6 Å². The molecule has 1 fully saturated rings. The number of hydrogen-bond acceptors (Lipinski definition) is 7. The number of nitrogens with one attached hydrogen (secondary N) is 1. The van der Waals surface area contributed by atoms with Crippen LogP contribution in [0, 0.1) is 0 Å². The van der Waals surface area contributed by atoms with Gasteiger partial charge in [-0.1, -0.05) is 12.8 Å². The molecule has 0 radical (unpaired) electrons. The largest absolute Gasteiger partial charge is 0.464 e. The second-order valence-corrected chi connectivity index (χ2v) is 5.06. The van der Waals surface area contributed by atoms with E-state index in [1.165, 1.54) is 12.8 Å². The molecule has 118 valence electrons. The smallest absolute Gasteiger partial charge is 0.323 e. The highest BCUT2D eigenvalue weighted by Crippen LogP contribution is 2.27. The lowest BCUT2D eigenvalue weighted by atomic mass is 10.2. The second-order valence-electron chi connectivity index (χ2n) is 5.06. The average Bonchev–Trinajstić information content (AvgIpc) is 2.99. The Bertz CT molecular complexity index is 413. The van der Waals surface area contributed by atoms with E-state index in [9.17, 15) is 5.11 Å². The van der Waals surface area contributed by atoms with E-state index in [1.54, 1.807) is 0 Å². The van der Waals surface area contributed by atoms with Crippen LogP contribution in [0.3, 0.4) is 0 Å². The van der Waals surface area contributed by atoms with Gasteiger partial charge in [0.2, 0.25) is 11.9 Å². The van der Waals surface area contributed by atoms with Gasteiger partial charge in [-0.3, -0.25) is 0 Å². The molecule has 21 heavy (non-hydrogen) atoms. The molecule has 2 rings (SSSR count). The van der Waals surface area contributed by atoms with Crippen LogP contribution in [-0.4, -0.2) is 52.4 Å². The minimum absolute atomic E-state index is 0.0860. The molecule has 0 aliphatic heterocycles. The molecule has 1 aromatic heterocycles. The summed E-state index contributed by atoms with van der Waals surface area (Å²) < 4.78 is 5.43. The summed E-state index contributed by atoms with van der Waals surface area (Å²) in [6.45, 7) is 5.76. The van der Waals surface area contributed by atoms with Crippen LogP contribution in [0.15, 0.2) is 0 Å². The third-order valence-electron chi connectivity index (χ3n) is 3.57. The summed E-state index contributed by atoms with van der Waals surface area (Å²) in [5.41, 5.74) is 0. The Morgan fingerprint density at radius 1 is 1.24 bits per heavy atom. The van der Waals surface area contributed by atoms with Crippen molar-refractivity contribution in [1.29, 1.82) is 0 Å². The van der Waals surface area contributed by atoms with Crippen molar-refractivity contribution in [3.05, 3.63) is 0 Å². The zero-order valence-corrected chi connectivity index (χ0v) is 12.9. The van der Waals surface area contributed by atoms with E-state index in [4.69, 9.17) is 4.74 Å². The highest BCUT2D eigenvalue weighted by Gasteiger charge is 2.25. The van der Waals surface area contributed by atoms with Crippen LogP contribution in [0.5, 0.6) is 6.01 Å². The number of aromatic nitrogens is 3. The quantitative estimate of drug-likeness (QED) is 0.751. The van der Waals surface area contributed by atoms with Gasteiger partial charge in [0.15, 0.2) is 0 Å². The molecule has 1 aliphatic rings. The van der Waals surface area contributed by atoms with Crippen LogP contribution in [0.1, 0.15) is 39.5 Å². The van der Waals surface area contributed by atoms with Gasteiger partial charge < -0.3 is 20.1 Å². The number of anilines is 2. The molecule has 0 atom stereocenters. The Labute approximate surface area is 125 Å². The molecule has 0 spiro atoms. The van der Waals surface area contributed by atoms with E-state index >= 15 is 0 Å². The van der Waals surface area contributed by atoms with Crippen molar-refractivity contribution in [2.24, 2.45) is 0 Å². The van der Waals surface area contributed by atoms with Crippen LogP contribution < -0.4 is 15.0 Å². The van der Waals surface area contributed by atoms with Crippen molar-refractivity contribution >= 4 is 11.9 Å². The summed E-state index contributed by atoms with van der Waals surface area (Å²) >= 11 is 0. The number of rotatable bonds is 8. The number of nitrogens with zero attached hydrogens (tertiary/aromatic N) is 4. The lowest BCUT2D eigenvalue weighted by Crippen LogP contribution is -2.37. The molecule has 0 unspecified atom stereocenters. The predicted octanol–water partition coefficient (Wildman–Crippen LogP) is 1.44. The maximum atomic E-state index is 9.34. The number of ether oxygens (including phenoxy) is 1. The molecular formula is C14H25N5O2. The molecule has 1 aromatic rings. The van der Waals surface area contributed by atoms with Gasteiger partial charge >= 0.3 is 6.01 Å². The fraction of sp³-hybridized carbons (Fsp3) is 0.786. The highest BCUT2D eigenvalue weighted by atomic mass is 16.5. The van der Waals surface area contributed by atoms with Gasteiger partial charge in [0, 0.05) is 19.1 Å². The summed E-state index contributed by atoms with van der Waals surface area (Å²) in [6, 6.07) is 0.725. The van der Waals surface area contributed by atoms with Crippen LogP contribution in [0.4, 0.5) is 11.9 Å². The Morgan fingerprint density at radius 2 is 2.00 bits per heavy atom. The molecule has 0 bridgehead atoms. The lowest BCUT2D eigenvalue weighted by molar-refractivity contribution is 0.294. The van der Waals surface area contributed by atoms with Gasteiger partial charge in [-0.2, -0.15) is 15.0 Å². The minimum Gasteiger partial charge on any atom is -0.464 e. The summed E-state index contributed by atoms with van der Waals surface area (Å²) in [5.74, 6) is 1.11. The first-order chi connectivity index (χ1) is 10.3. The average molecular weight is 295 g/mol. The van der Waals surface area contributed by atoms with E-state index < -0.39 is 0 Å². The molecule has 1 aliphatic carbocycles.